The molecule has 0 aromatic heterocycles. The predicted octanol–water partition coefficient (Wildman–Crippen LogP) is -0.432. The van der Waals surface area contributed by atoms with E-state index in [9.17, 15) is 8.42 Å². The number of hydrogen-bond donors (Lipinski definition) is 2. The number of piperazine rings is 1. The highest BCUT2D eigenvalue weighted by Crippen LogP contribution is 2.17. The topological polar surface area (TPSA) is 81.1 Å². The van der Waals surface area contributed by atoms with Crippen LogP contribution in [-0.2, 0) is 10.3 Å². The van der Waals surface area contributed by atoms with Crippen LogP contribution in [-0.4, -0.2) is 66.1 Å². The lowest BCUT2D eigenvalue weighted by atomic mass is 10.1. The molecular weight excluding hydrogens is 232 g/mol. The van der Waals surface area contributed by atoms with Gasteiger partial charge in [-0.2, -0.15) is 12.7 Å². The highest BCUT2D eigenvalue weighted by atomic mass is 32.2. The number of aliphatic hydroxyl groups excluding tert-OH is 1. The van der Waals surface area contributed by atoms with Crippen molar-refractivity contribution in [3.63, 3.8) is 0 Å². The van der Waals surface area contributed by atoms with Crippen molar-refractivity contribution >= 4 is 10.3 Å². The van der Waals surface area contributed by atoms with Gasteiger partial charge in [-0.3, -0.25) is 9.45 Å². The summed E-state index contributed by atoms with van der Waals surface area (Å²) < 4.78 is 32.5. The van der Waals surface area contributed by atoms with Gasteiger partial charge in [0.1, 0.15) is 0 Å². The summed E-state index contributed by atoms with van der Waals surface area (Å²) in [5.74, 6) is 0. The second kappa shape index (κ2) is 5.92. The van der Waals surface area contributed by atoms with E-state index in [4.69, 9.17) is 9.66 Å². The summed E-state index contributed by atoms with van der Waals surface area (Å²) in [6.07, 6.45) is 1.59. The minimum absolute atomic E-state index is 0.0741. The molecule has 96 valence electrons. The van der Waals surface area contributed by atoms with Crippen LogP contribution in [0.5, 0.6) is 0 Å². The monoisotopic (exact) mass is 252 g/mol. The minimum Gasteiger partial charge on any atom is -0.395 e. The molecule has 1 aliphatic heterocycles. The van der Waals surface area contributed by atoms with Crippen molar-refractivity contribution in [2.75, 3.05) is 32.8 Å². The van der Waals surface area contributed by atoms with Crippen LogP contribution in [0, 0.1) is 0 Å². The van der Waals surface area contributed by atoms with Gasteiger partial charge >= 0.3 is 10.3 Å². The lowest BCUT2D eigenvalue weighted by molar-refractivity contribution is 0.103. The first-order valence-corrected chi connectivity index (χ1v) is 6.96. The van der Waals surface area contributed by atoms with E-state index in [1.807, 2.05) is 11.8 Å². The van der Waals surface area contributed by atoms with Crippen molar-refractivity contribution in [1.82, 2.24) is 9.21 Å². The normalized spacial score (nSPS) is 24.8. The van der Waals surface area contributed by atoms with Crippen LogP contribution in [0.3, 0.4) is 0 Å². The van der Waals surface area contributed by atoms with E-state index in [-0.39, 0.29) is 12.6 Å². The summed E-state index contributed by atoms with van der Waals surface area (Å²) in [7, 11) is -4.09. The van der Waals surface area contributed by atoms with E-state index >= 15 is 0 Å². The number of nitrogens with zero attached hydrogens (tertiary/aromatic N) is 2. The van der Waals surface area contributed by atoms with Crippen molar-refractivity contribution in [3.05, 3.63) is 0 Å². The summed E-state index contributed by atoms with van der Waals surface area (Å²) in [6.45, 7) is 4.04. The molecule has 0 saturated carbocycles. The Balaban J connectivity index is 2.67. The van der Waals surface area contributed by atoms with Crippen LogP contribution >= 0.6 is 0 Å². The minimum atomic E-state index is -4.09. The van der Waals surface area contributed by atoms with Crippen molar-refractivity contribution in [3.8, 4) is 0 Å². The molecule has 16 heavy (non-hydrogen) atoms. The third-order valence-electron chi connectivity index (χ3n) is 2.85. The summed E-state index contributed by atoms with van der Waals surface area (Å²) in [6, 6.07) is -0.180. The summed E-state index contributed by atoms with van der Waals surface area (Å²) in [5, 5.41) is 8.84. The molecule has 0 radical (unpaired) electrons. The maximum absolute atomic E-state index is 11.1. The molecule has 0 aliphatic carbocycles. The molecule has 0 bridgehead atoms. The van der Waals surface area contributed by atoms with Gasteiger partial charge < -0.3 is 5.11 Å². The first-order chi connectivity index (χ1) is 7.49. The maximum atomic E-state index is 11.1. The second-order valence-corrected chi connectivity index (χ2v) is 5.42. The van der Waals surface area contributed by atoms with Crippen LogP contribution in [0.4, 0.5) is 0 Å². The summed E-state index contributed by atoms with van der Waals surface area (Å²) in [5.41, 5.74) is 0. The molecule has 2 N–H and O–H groups in total. The zero-order valence-electron chi connectivity index (χ0n) is 9.54. The largest absolute Gasteiger partial charge is 0.395 e. The zero-order chi connectivity index (χ0) is 12.2. The molecule has 0 amide bonds. The van der Waals surface area contributed by atoms with E-state index in [1.54, 1.807) is 0 Å². The molecule has 0 aromatic carbocycles. The van der Waals surface area contributed by atoms with E-state index < -0.39 is 10.3 Å². The van der Waals surface area contributed by atoms with Gasteiger partial charge in [0.15, 0.2) is 0 Å². The SMILES string of the molecule is CCCC1CN(CCO)CCN1S(=O)(=O)O. The number of β-amino-alcohol motifs (C(OH)–C–C–N with tert-alkyl or cyclic N) is 1. The fraction of sp³-hybridized carbons (Fsp3) is 1.00. The highest BCUT2D eigenvalue weighted by molar-refractivity contribution is 7.83. The number of aliphatic hydroxyl groups is 1. The van der Waals surface area contributed by atoms with Crippen molar-refractivity contribution in [2.45, 2.75) is 25.8 Å². The fourth-order valence-electron chi connectivity index (χ4n) is 2.12. The standard InChI is InChI=1S/C9H20N2O4S/c1-2-3-9-8-10(6-7-12)4-5-11(9)16(13,14)15/h9,12H,2-8H2,1H3,(H,13,14,15). The average Bonchev–Trinajstić information content (AvgIpc) is 2.17. The molecule has 0 aromatic rings. The van der Waals surface area contributed by atoms with E-state index in [2.05, 4.69) is 0 Å². The summed E-state index contributed by atoms with van der Waals surface area (Å²) >= 11 is 0. The smallest absolute Gasteiger partial charge is 0.336 e. The molecule has 1 fully saturated rings. The Morgan fingerprint density at radius 2 is 2.06 bits per heavy atom. The van der Waals surface area contributed by atoms with E-state index in [1.165, 1.54) is 0 Å². The molecule has 1 aliphatic rings. The Morgan fingerprint density at radius 3 is 2.56 bits per heavy atom. The molecule has 7 heteroatoms. The van der Waals surface area contributed by atoms with Crippen molar-refractivity contribution in [1.29, 1.82) is 0 Å². The van der Waals surface area contributed by atoms with Crippen LogP contribution in [0.15, 0.2) is 0 Å². The zero-order valence-corrected chi connectivity index (χ0v) is 10.4. The lowest BCUT2D eigenvalue weighted by Gasteiger charge is -2.38. The second-order valence-electron chi connectivity index (χ2n) is 4.06. The molecule has 1 heterocycles. The van der Waals surface area contributed by atoms with Gasteiger partial charge in [-0.25, -0.2) is 0 Å². The van der Waals surface area contributed by atoms with Gasteiger partial charge in [0.2, 0.25) is 0 Å². The quantitative estimate of drug-likeness (QED) is 0.649. The first-order valence-electron chi connectivity index (χ1n) is 5.56. The maximum Gasteiger partial charge on any atom is 0.336 e. The number of rotatable bonds is 5. The Bertz CT molecular complexity index is 307. The highest BCUT2D eigenvalue weighted by Gasteiger charge is 2.33. The lowest BCUT2D eigenvalue weighted by Crippen LogP contribution is -2.55. The Morgan fingerprint density at radius 1 is 1.38 bits per heavy atom. The van der Waals surface area contributed by atoms with E-state index in [0.717, 1.165) is 17.1 Å². The Kier molecular flexibility index (Phi) is 5.13. The van der Waals surface area contributed by atoms with Gasteiger partial charge in [-0.1, -0.05) is 13.3 Å². The van der Waals surface area contributed by atoms with Gasteiger partial charge in [0, 0.05) is 32.2 Å². The molecule has 1 atom stereocenters. The molecule has 1 unspecified atom stereocenters. The van der Waals surface area contributed by atoms with Gasteiger partial charge in [-0.15, -0.1) is 0 Å². The van der Waals surface area contributed by atoms with Crippen molar-refractivity contribution < 1.29 is 18.1 Å². The van der Waals surface area contributed by atoms with E-state index in [0.29, 0.717) is 26.2 Å². The van der Waals surface area contributed by atoms with Crippen LogP contribution in [0.2, 0.25) is 0 Å². The molecule has 6 nitrogen and oxygen atoms in total. The molecule has 0 spiro atoms. The van der Waals surface area contributed by atoms with Crippen LogP contribution in [0.25, 0.3) is 0 Å². The number of hydrogen-bond acceptors (Lipinski definition) is 4. The third-order valence-corrected chi connectivity index (χ3v) is 3.92. The first kappa shape index (κ1) is 13.9. The van der Waals surface area contributed by atoms with Crippen LogP contribution in [0.1, 0.15) is 19.8 Å². The molecule has 1 rings (SSSR count). The van der Waals surface area contributed by atoms with Gasteiger partial charge in [0.05, 0.1) is 6.61 Å². The molecular formula is C9H20N2O4S. The van der Waals surface area contributed by atoms with Crippen LogP contribution < -0.4 is 0 Å². The van der Waals surface area contributed by atoms with Gasteiger partial charge in [0.25, 0.3) is 0 Å². The predicted molar refractivity (Wildman–Crippen MR) is 60.5 cm³/mol. The summed E-state index contributed by atoms with van der Waals surface area (Å²) in [4.78, 5) is 2.02. The Hall–Kier alpha value is -0.210. The fourth-order valence-corrected chi connectivity index (χ4v) is 2.98. The molecule has 1 saturated heterocycles. The average molecular weight is 252 g/mol. The van der Waals surface area contributed by atoms with Crippen molar-refractivity contribution in [2.24, 2.45) is 0 Å². The van der Waals surface area contributed by atoms with Gasteiger partial charge in [-0.05, 0) is 6.42 Å². The Labute approximate surface area is 96.7 Å². The third kappa shape index (κ3) is 3.67.